The van der Waals surface area contributed by atoms with Crippen molar-refractivity contribution in [1.29, 1.82) is 0 Å². The van der Waals surface area contributed by atoms with Gasteiger partial charge in [0.2, 0.25) is 0 Å². The summed E-state index contributed by atoms with van der Waals surface area (Å²) < 4.78 is 50.3. The molecule has 0 aromatic heterocycles. The summed E-state index contributed by atoms with van der Waals surface area (Å²) >= 11 is 0. The molecule has 2 nitrogen and oxygen atoms in total. The van der Waals surface area contributed by atoms with Crippen molar-refractivity contribution < 1.29 is 22.4 Å². The van der Waals surface area contributed by atoms with Crippen molar-refractivity contribution in [3.63, 3.8) is 0 Å². The van der Waals surface area contributed by atoms with Crippen LogP contribution in [0.15, 0.2) is 0 Å². The summed E-state index contributed by atoms with van der Waals surface area (Å²) in [6, 6.07) is 0. The number of hydrogen-bond donors (Lipinski definition) is 1. The highest BCUT2D eigenvalue weighted by molar-refractivity contribution is 5.77. The third kappa shape index (κ3) is 2.26. The number of benzene rings is 1. The molecule has 0 amide bonds. The lowest BCUT2D eigenvalue weighted by Gasteiger charge is -2.03. The molecule has 0 bridgehead atoms. The first kappa shape index (κ1) is 13.4. The lowest BCUT2D eigenvalue weighted by Crippen LogP contribution is -2.07. The van der Waals surface area contributed by atoms with Gasteiger partial charge in [0.05, 0.1) is 5.56 Å². The maximum absolute atomic E-state index is 12.6. The molecule has 6 heteroatoms. The molecule has 0 spiro atoms. The lowest BCUT2D eigenvalue weighted by molar-refractivity contribution is 0.111. The highest BCUT2D eigenvalue weighted by Gasteiger charge is 2.22. The standard InChI is InChI=1S/C7H3F4NO.C2H6/c8-3-2(1-13)4(9)6(11)7(12)5(3)10;1-2/h1H,12H2;1-2H3. The lowest BCUT2D eigenvalue weighted by atomic mass is 10.1. The quantitative estimate of drug-likeness (QED) is 0.344. The SMILES string of the molecule is CC.Nc1c(F)c(F)c(C=O)c(F)c1F. The Morgan fingerprint density at radius 3 is 1.53 bits per heavy atom. The molecule has 0 heterocycles. The number of rotatable bonds is 1. The van der Waals surface area contributed by atoms with Crippen LogP contribution in [0.3, 0.4) is 0 Å². The molecular weight excluding hydrogens is 214 g/mol. The first-order chi connectivity index (χ1) is 7.00. The molecule has 0 aliphatic carbocycles. The van der Waals surface area contributed by atoms with E-state index >= 15 is 0 Å². The van der Waals surface area contributed by atoms with Gasteiger partial charge in [0.25, 0.3) is 0 Å². The van der Waals surface area contributed by atoms with Crippen LogP contribution in [0.5, 0.6) is 0 Å². The number of nitrogens with two attached hydrogens (primary N) is 1. The maximum Gasteiger partial charge on any atom is 0.185 e. The van der Waals surface area contributed by atoms with Crippen LogP contribution in [0.1, 0.15) is 24.2 Å². The van der Waals surface area contributed by atoms with Gasteiger partial charge in [-0.05, 0) is 0 Å². The summed E-state index contributed by atoms with van der Waals surface area (Å²) in [4.78, 5) is 10.0. The molecule has 0 fully saturated rings. The van der Waals surface area contributed by atoms with E-state index in [4.69, 9.17) is 0 Å². The fraction of sp³-hybridized carbons (Fsp3) is 0.222. The van der Waals surface area contributed by atoms with Crippen LogP contribution in [-0.4, -0.2) is 6.29 Å². The Hall–Kier alpha value is -1.59. The molecule has 15 heavy (non-hydrogen) atoms. The Labute approximate surface area is 83.7 Å². The van der Waals surface area contributed by atoms with Crippen molar-refractivity contribution in [2.45, 2.75) is 13.8 Å². The minimum absolute atomic E-state index is 0.323. The predicted molar refractivity (Wildman–Crippen MR) is 47.4 cm³/mol. The molecule has 0 saturated carbocycles. The van der Waals surface area contributed by atoms with Gasteiger partial charge >= 0.3 is 0 Å². The van der Waals surface area contributed by atoms with Gasteiger partial charge in [0.15, 0.2) is 29.6 Å². The van der Waals surface area contributed by atoms with Crippen molar-refractivity contribution in [2.75, 3.05) is 5.73 Å². The van der Waals surface area contributed by atoms with E-state index in [2.05, 4.69) is 5.73 Å². The van der Waals surface area contributed by atoms with Crippen LogP contribution in [-0.2, 0) is 0 Å². The summed E-state index contributed by atoms with van der Waals surface area (Å²) in [7, 11) is 0. The Kier molecular flexibility index (Phi) is 4.77. The summed E-state index contributed by atoms with van der Waals surface area (Å²) in [5.41, 5.74) is 2.08. The van der Waals surface area contributed by atoms with Gasteiger partial charge < -0.3 is 5.73 Å². The monoisotopic (exact) mass is 223 g/mol. The second kappa shape index (κ2) is 5.33. The number of carbonyl (C=O) groups is 1. The Morgan fingerprint density at radius 1 is 0.933 bits per heavy atom. The number of carbonyl (C=O) groups excluding carboxylic acids is 1. The zero-order valence-electron chi connectivity index (χ0n) is 8.07. The van der Waals surface area contributed by atoms with Gasteiger partial charge in [0, 0.05) is 0 Å². The molecule has 1 rings (SSSR count). The number of nitrogen functional groups attached to an aromatic ring is 1. The number of halogens is 4. The predicted octanol–water partition coefficient (Wildman–Crippen LogP) is 2.66. The van der Waals surface area contributed by atoms with E-state index in [1.165, 1.54) is 0 Å². The Balaban J connectivity index is 0.000000921. The topological polar surface area (TPSA) is 43.1 Å². The molecule has 0 atom stereocenters. The van der Waals surface area contributed by atoms with E-state index in [0.29, 0.717) is 0 Å². The average Bonchev–Trinajstić information content (AvgIpc) is 2.27. The molecule has 2 N–H and O–H groups in total. The van der Waals surface area contributed by atoms with E-state index in [1.807, 2.05) is 13.8 Å². The van der Waals surface area contributed by atoms with Crippen LogP contribution >= 0.6 is 0 Å². The molecule has 0 radical (unpaired) electrons. The van der Waals surface area contributed by atoms with Gasteiger partial charge in [-0.3, -0.25) is 4.79 Å². The summed E-state index contributed by atoms with van der Waals surface area (Å²) in [5.74, 6) is -7.10. The summed E-state index contributed by atoms with van der Waals surface area (Å²) in [6.07, 6.45) is -0.323. The number of anilines is 1. The number of aldehydes is 1. The van der Waals surface area contributed by atoms with Crippen molar-refractivity contribution in [3.05, 3.63) is 28.8 Å². The van der Waals surface area contributed by atoms with Gasteiger partial charge in [0.1, 0.15) is 5.69 Å². The second-order valence-corrected chi connectivity index (χ2v) is 2.20. The van der Waals surface area contributed by atoms with Crippen LogP contribution in [0, 0.1) is 23.3 Å². The smallest absolute Gasteiger partial charge is 0.185 e. The molecular formula is C9H9F4NO. The van der Waals surface area contributed by atoms with Crippen LogP contribution < -0.4 is 5.73 Å². The first-order valence-corrected chi connectivity index (χ1v) is 4.07. The van der Waals surface area contributed by atoms with E-state index in [1.54, 1.807) is 0 Å². The summed E-state index contributed by atoms with van der Waals surface area (Å²) in [6.45, 7) is 4.00. The average molecular weight is 223 g/mol. The van der Waals surface area contributed by atoms with E-state index < -0.39 is 34.5 Å². The zero-order chi connectivity index (χ0) is 12.2. The molecule has 0 aliphatic rings. The van der Waals surface area contributed by atoms with E-state index in [-0.39, 0.29) is 6.29 Å². The van der Waals surface area contributed by atoms with Crippen molar-refractivity contribution in [2.24, 2.45) is 0 Å². The molecule has 1 aromatic rings. The largest absolute Gasteiger partial charge is 0.394 e. The second-order valence-electron chi connectivity index (χ2n) is 2.20. The highest BCUT2D eigenvalue weighted by atomic mass is 19.2. The van der Waals surface area contributed by atoms with Crippen LogP contribution in [0.2, 0.25) is 0 Å². The van der Waals surface area contributed by atoms with Gasteiger partial charge in [-0.25, -0.2) is 17.6 Å². The fourth-order valence-corrected chi connectivity index (χ4v) is 0.769. The van der Waals surface area contributed by atoms with Crippen molar-refractivity contribution in [1.82, 2.24) is 0 Å². The Bertz CT molecular complexity index is 350. The highest BCUT2D eigenvalue weighted by Crippen LogP contribution is 2.24. The molecule has 1 aromatic carbocycles. The van der Waals surface area contributed by atoms with Crippen LogP contribution in [0.25, 0.3) is 0 Å². The summed E-state index contributed by atoms with van der Waals surface area (Å²) in [5, 5.41) is 0. The van der Waals surface area contributed by atoms with Gasteiger partial charge in [-0.1, -0.05) is 13.8 Å². The van der Waals surface area contributed by atoms with Crippen LogP contribution in [0.4, 0.5) is 23.2 Å². The maximum atomic E-state index is 12.6. The minimum Gasteiger partial charge on any atom is -0.394 e. The normalized spacial score (nSPS) is 9.20. The van der Waals surface area contributed by atoms with Crippen molar-refractivity contribution in [3.8, 4) is 0 Å². The van der Waals surface area contributed by atoms with Gasteiger partial charge in [-0.2, -0.15) is 0 Å². The fourth-order valence-electron chi connectivity index (χ4n) is 0.769. The molecule has 0 saturated heterocycles. The third-order valence-corrected chi connectivity index (χ3v) is 1.45. The zero-order valence-corrected chi connectivity index (χ0v) is 8.07. The third-order valence-electron chi connectivity index (χ3n) is 1.45. The molecule has 0 unspecified atom stereocenters. The first-order valence-electron chi connectivity index (χ1n) is 4.07. The minimum atomic E-state index is -1.79. The molecule has 84 valence electrons. The molecule has 0 aliphatic heterocycles. The van der Waals surface area contributed by atoms with Gasteiger partial charge in [-0.15, -0.1) is 0 Å². The van der Waals surface area contributed by atoms with Crippen molar-refractivity contribution >= 4 is 12.0 Å². The Morgan fingerprint density at radius 2 is 1.27 bits per heavy atom. The van der Waals surface area contributed by atoms with E-state index in [0.717, 1.165) is 0 Å². The number of hydrogen-bond acceptors (Lipinski definition) is 2. The van der Waals surface area contributed by atoms with E-state index in [9.17, 15) is 22.4 Å².